The van der Waals surface area contributed by atoms with Crippen molar-refractivity contribution in [1.82, 2.24) is 4.90 Å². The van der Waals surface area contributed by atoms with E-state index in [9.17, 15) is 13.2 Å². The number of benzene rings is 1. The lowest BCUT2D eigenvalue weighted by Crippen LogP contribution is -2.34. The van der Waals surface area contributed by atoms with Crippen molar-refractivity contribution in [3.8, 4) is 5.75 Å². The van der Waals surface area contributed by atoms with Crippen molar-refractivity contribution < 1.29 is 17.9 Å². The Kier molecular flexibility index (Phi) is 3.24. The maximum Gasteiger partial charge on any atom is 0.573 e. The van der Waals surface area contributed by atoms with E-state index in [1.807, 2.05) is 0 Å². The minimum absolute atomic E-state index is 0.169. The molecule has 20 heavy (non-hydrogen) atoms. The summed E-state index contributed by atoms with van der Waals surface area (Å²) in [5.74, 6) is -0.169. The molecule has 2 unspecified atom stereocenters. The van der Waals surface area contributed by atoms with Crippen molar-refractivity contribution in [2.75, 3.05) is 7.05 Å². The van der Waals surface area contributed by atoms with Gasteiger partial charge in [0, 0.05) is 12.1 Å². The van der Waals surface area contributed by atoms with Gasteiger partial charge in [-0.15, -0.1) is 13.2 Å². The highest BCUT2D eigenvalue weighted by atomic mass is 19.4. The lowest BCUT2D eigenvalue weighted by molar-refractivity contribution is -0.274. The monoisotopic (exact) mass is 282 g/mol. The van der Waals surface area contributed by atoms with Crippen LogP contribution in [-0.4, -0.2) is 30.4 Å². The number of ether oxygens (including phenoxy) is 1. The Morgan fingerprint density at radius 1 is 1.15 bits per heavy atom. The summed E-state index contributed by atoms with van der Waals surface area (Å²) in [5.41, 5.74) is 2.22. The molecule has 1 aromatic rings. The fourth-order valence-corrected chi connectivity index (χ4v) is 3.13. The van der Waals surface area contributed by atoms with Crippen LogP contribution in [0.5, 0.6) is 5.75 Å². The molecule has 0 aliphatic carbocycles. The molecule has 2 atom stereocenters. The molecule has 0 saturated carbocycles. The third-order valence-corrected chi connectivity index (χ3v) is 4.20. The van der Waals surface area contributed by atoms with Crippen molar-refractivity contribution in [2.24, 2.45) is 0 Å². The maximum absolute atomic E-state index is 12.1. The van der Waals surface area contributed by atoms with E-state index in [1.54, 1.807) is 12.1 Å². The second kappa shape index (κ2) is 4.81. The molecule has 0 N–H and O–H groups in total. The molecular weight excluding hydrogens is 266 g/mol. The van der Waals surface area contributed by atoms with Gasteiger partial charge >= 0.3 is 6.36 Å². The predicted octanol–water partition coefficient (Wildman–Crippen LogP) is 3.84. The van der Waals surface area contributed by atoms with Gasteiger partial charge in [0.25, 0.3) is 0 Å². The summed E-state index contributed by atoms with van der Waals surface area (Å²) in [6.07, 6.45) is 0.930. The van der Waals surface area contributed by atoms with Crippen molar-refractivity contribution in [2.45, 2.75) is 37.7 Å². The summed E-state index contributed by atoms with van der Waals surface area (Å²) < 4.78 is 40.2. The van der Waals surface area contributed by atoms with Gasteiger partial charge in [0.2, 0.25) is 0 Å². The number of halogens is 3. The molecule has 1 saturated heterocycles. The highest BCUT2D eigenvalue weighted by molar-refractivity contribution is 5.68. The average Bonchev–Trinajstić information content (AvgIpc) is 2.61. The maximum atomic E-state index is 12.1. The Morgan fingerprint density at radius 3 is 2.45 bits per heavy atom. The number of nitrogens with zero attached hydrogens (tertiary/aromatic N) is 1. The van der Waals surface area contributed by atoms with Crippen LogP contribution in [0.25, 0.3) is 5.57 Å². The minimum Gasteiger partial charge on any atom is -0.406 e. The zero-order valence-electron chi connectivity index (χ0n) is 11.2. The number of hydrogen-bond donors (Lipinski definition) is 0. The van der Waals surface area contributed by atoms with E-state index in [-0.39, 0.29) is 5.75 Å². The molecule has 0 aromatic heterocycles. The standard InChI is InChI=1S/C15H16F3NO/c1-19-12-4-5-13(19)9-11(8-12)10-2-6-14(7-3-10)20-15(16,17)18/h2-3,6-8,12-13H,4-5,9H2,1H3/i1-1. The Bertz CT molecular complexity index is 521. The van der Waals surface area contributed by atoms with Crippen LogP contribution >= 0.6 is 0 Å². The van der Waals surface area contributed by atoms with E-state index in [1.165, 1.54) is 30.5 Å². The van der Waals surface area contributed by atoms with Crippen LogP contribution in [0.15, 0.2) is 30.3 Å². The molecular formula is C15H16F3NO. The van der Waals surface area contributed by atoms with Crippen LogP contribution in [0.4, 0.5) is 13.2 Å². The molecule has 108 valence electrons. The van der Waals surface area contributed by atoms with Crippen molar-refractivity contribution in [3.05, 3.63) is 35.9 Å². The molecule has 0 amide bonds. The van der Waals surface area contributed by atoms with Gasteiger partial charge < -0.3 is 4.74 Å². The summed E-state index contributed by atoms with van der Waals surface area (Å²) in [7, 11) is 2.13. The van der Waals surface area contributed by atoms with Crippen molar-refractivity contribution in [3.63, 3.8) is 0 Å². The lowest BCUT2D eigenvalue weighted by atomic mass is 9.94. The number of likely N-dealkylation sites (N-methyl/N-ethyl adjacent to an activating group) is 1. The molecule has 2 nitrogen and oxygen atoms in total. The zero-order chi connectivity index (χ0) is 14.3. The number of fused-ring (bicyclic) bond motifs is 2. The molecule has 2 heterocycles. The van der Waals surface area contributed by atoms with Gasteiger partial charge in [-0.05, 0) is 49.6 Å². The van der Waals surface area contributed by atoms with Crippen LogP contribution < -0.4 is 4.74 Å². The van der Waals surface area contributed by atoms with Gasteiger partial charge in [-0.1, -0.05) is 18.2 Å². The van der Waals surface area contributed by atoms with E-state index in [0.717, 1.165) is 12.0 Å². The first-order valence-electron chi connectivity index (χ1n) is 6.71. The van der Waals surface area contributed by atoms with Crippen LogP contribution in [-0.2, 0) is 0 Å². The number of alkyl halides is 3. The number of rotatable bonds is 2. The fourth-order valence-electron chi connectivity index (χ4n) is 3.13. The lowest BCUT2D eigenvalue weighted by Gasteiger charge is -2.30. The second-order valence-corrected chi connectivity index (χ2v) is 5.43. The highest BCUT2D eigenvalue weighted by Gasteiger charge is 2.34. The minimum atomic E-state index is -4.63. The van der Waals surface area contributed by atoms with E-state index < -0.39 is 6.36 Å². The van der Waals surface area contributed by atoms with Gasteiger partial charge in [-0.25, -0.2) is 0 Å². The number of hydrogen-bond acceptors (Lipinski definition) is 2. The second-order valence-electron chi connectivity index (χ2n) is 5.43. The first-order chi connectivity index (χ1) is 9.42. The van der Waals surface area contributed by atoms with E-state index in [2.05, 4.69) is 22.8 Å². The Morgan fingerprint density at radius 2 is 1.85 bits per heavy atom. The molecule has 2 aliphatic rings. The summed E-state index contributed by atoms with van der Waals surface area (Å²) in [6, 6.07) is 7.20. The molecule has 2 bridgehead atoms. The Balaban J connectivity index is 1.77. The van der Waals surface area contributed by atoms with Gasteiger partial charge in [-0.2, -0.15) is 0 Å². The third-order valence-electron chi connectivity index (χ3n) is 4.20. The van der Waals surface area contributed by atoms with Gasteiger partial charge in [-0.3, -0.25) is 4.90 Å². The Labute approximate surface area is 115 Å². The molecule has 1 fully saturated rings. The van der Waals surface area contributed by atoms with Crippen LogP contribution in [0.2, 0.25) is 0 Å². The van der Waals surface area contributed by atoms with Gasteiger partial charge in [0.15, 0.2) is 0 Å². The van der Waals surface area contributed by atoms with Crippen molar-refractivity contribution >= 4 is 5.57 Å². The average molecular weight is 282 g/mol. The van der Waals surface area contributed by atoms with Gasteiger partial charge in [0.1, 0.15) is 5.75 Å². The summed E-state index contributed by atoms with van der Waals surface area (Å²) in [5, 5.41) is 0. The van der Waals surface area contributed by atoms with E-state index in [0.29, 0.717) is 12.1 Å². The van der Waals surface area contributed by atoms with Crippen molar-refractivity contribution in [1.29, 1.82) is 0 Å². The largest absolute Gasteiger partial charge is 0.573 e. The molecule has 5 heteroatoms. The fraction of sp³-hybridized carbons (Fsp3) is 0.467. The SMILES string of the molecule is [11CH3]N1C2C=C(c3ccc(OC(F)(F)F)cc3)CC1CC2. The van der Waals surface area contributed by atoms with Gasteiger partial charge in [0.05, 0.1) is 0 Å². The molecule has 2 aliphatic heterocycles. The molecule has 3 rings (SSSR count). The molecule has 0 spiro atoms. The summed E-state index contributed by atoms with van der Waals surface area (Å²) in [6.45, 7) is 0. The topological polar surface area (TPSA) is 12.5 Å². The van der Waals surface area contributed by atoms with Crippen LogP contribution in [0.3, 0.4) is 0 Å². The normalized spacial score (nSPS) is 26.5. The summed E-state index contributed by atoms with van der Waals surface area (Å²) in [4.78, 5) is 2.38. The smallest absolute Gasteiger partial charge is 0.406 e. The first kappa shape index (κ1) is 13.5. The quantitative estimate of drug-likeness (QED) is 0.817. The predicted molar refractivity (Wildman–Crippen MR) is 70.3 cm³/mol. The highest BCUT2D eigenvalue weighted by Crippen LogP contribution is 2.37. The molecule has 0 radical (unpaired) electrons. The first-order valence-corrected chi connectivity index (χ1v) is 6.71. The Hall–Kier alpha value is -1.49. The van der Waals surface area contributed by atoms with Crippen LogP contribution in [0, 0.1) is 0 Å². The third kappa shape index (κ3) is 2.68. The van der Waals surface area contributed by atoms with Crippen LogP contribution in [0.1, 0.15) is 24.8 Å². The summed E-state index contributed by atoms with van der Waals surface area (Å²) >= 11 is 0. The molecule has 1 aromatic carbocycles. The zero-order valence-corrected chi connectivity index (χ0v) is 11.2. The van der Waals surface area contributed by atoms with E-state index >= 15 is 0 Å². The van der Waals surface area contributed by atoms with E-state index in [4.69, 9.17) is 0 Å².